The molecule has 1 aliphatic carbocycles. The van der Waals surface area contributed by atoms with E-state index in [1.54, 1.807) is 10.9 Å². The van der Waals surface area contributed by atoms with Crippen LogP contribution in [0.4, 0.5) is 0 Å². The Morgan fingerprint density at radius 2 is 2.42 bits per heavy atom. The third-order valence-corrected chi connectivity index (χ3v) is 3.66. The lowest BCUT2D eigenvalue weighted by molar-refractivity contribution is -0.124. The highest BCUT2D eigenvalue weighted by atomic mass is 16.2. The summed E-state index contributed by atoms with van der Waals surface area (Å²) in [7, 11) is 0. The van der Waals surface area contributed by atoms with E-state index in [2.05, 4.69) is 16.5 Å². The number of carbonyl (C=O) groups is 1. The van der Waals surface area contributed by atoms with Gasteiger partial charge in [0, 0.05) is 18.9 Å². The molecule has 104 valence electrons. The highest BCUT2D eigenvalue weighted by Crippen LogP contribution is 2.19. The maximum atomic E-state index is 12.1. The van der Waals surface area contributed by atoms with Crippen molar-refractivity contribution in [1.29, 1.82) is 0 Å². The van der Waals surface area contributed by atoms with Crippen LogP contribution < -0.4 is 5.32 Å². The summed E-state index contributed by atoms with van der Waals surface area (Å²) in [5.74, 6) is 0.0719. The standard InChI is InChI=1S/C15H23N3O/c1-2-14(18-12-6-10-17-18)15(19)16-11-9-13-7-4-3-5-8-13/h6-7,10,12,14H,2-5,8-9,11H2,1H3,(H,16,19)/t14-/m0/s1. The molecule has 1 N–H and O–H groups in total. The molecule has 19 heavy (non-hydrogen) atoms. The Hall–Kier alpha value is -1.58. The van der Waals surface area contributed by atoms with Crippen molar-refractivity contribution in [1.82, 2.24) is 15.1 Å². The van der Waals surface area contributed by atoms with Crippen LogP contribution in [-0.4, -0.2) is 22.2 Å². The summed E-state index contributed by atoms with van der Waals surface area (Å²) in [6, 6.07) is 1.67. The molecule has 2 rings (SSSR count). The van der Waals surface area contributed by atoms with Crippen LogP contribution >= 0.6 is 0 Å². The summed E-state index contributed by atoms with van der Waals surface area (Å²) in [5, 5.41) is 7.18. The first-order valence-electron chi connectivity index (χ1n) is 7.26. The van der Waals surface area contributed by atoms with E-state index < -0.39 is 0 Å². The summed E-state index contributed by atoms with van der Waals surface area (Å²) < 4.78 is 1.73. The lowest BCUT2D eigenvalue weighted by Crippen LogP contribution is -2.33. The molecule has 4 nitrogen and oxygen atoms in total. The van der Waals surface area contributed by atoms with E-state index in [-0.39, 0.29) is 11.9 Å². The van der Waals surface area contributed by atoms with Crippen LogP contribution in [0.2, 0.25) is 0 Å². The van der Waals surface area contributed by atoms with Gasteiger partial charge in [0.05, 0.1) is 0 Å². The maximum absolute atomic E-state index is 12.1. The molecule has 1 aromatic rings. The van der Waals surface area contributed by atoms with E-state index in [0.29, 0.717) is 0 Å². The third kappa shape index (κ3) is 3.94. The Kier molecular flexibility index (Phi) is 5.19. The van der Waals surface area contributed by atoms with Gasteiger partial charge in [-0.25, -0.2) is 0 Å². The third-order valence-electron chi connectivity index (χ3n) is 3.66. The van der Waals surface area contributed by atoms with Crippen molar-refractivity contribution in [3.8, 4) is 0 Å². The number of hydrogen-bond acceptors (Lipinski definition) is 2. The zero-order chi connectivity index (χ0) is 13.5. The number of carbonyl (C=O) groups excluding carboxylic acids is 1. The molecule has 4 heteroatoms. The van der Waals surface area contributed by atoms with Crippen molar-refractivity contribution >= 4 is 5.91 Å². The van der Waals surface area contributed by atoms with E-state index in [9.17, 15) is 4.79 Å². The summed E-state index contributed by atoms with van der Waals surface area (Å²) in [6.45, 7) is 2.75. The molecule has 0 unspecified atom stereocenters. The zero-order valence-corrected chi connectivity index (χ0v) is 11.6. The summed E-state index contributed by atoms with van der Waals surface area (Å²) >= 11 is 0. The number of rotatable bonds is 6. The van der Waals surface area contributed by atoms with Gasteiger partial charge in [0.1, 0.15) is 6.04 Å². The fourth-order valence-electron chi connectivity index (χ4n) is 2.55. The largest absolute Gasteiger partial charge is 0.354 e. The number of aromatic nitrogens is 2. The highest BCUT2D eigenvalue weighted by molar-refractivity contribution is 5.80. The smallest absolute Gasteiger partial charge is 0.244 e. The van der Waals surface area contributed by atoms with Crippen molar-refractivity contribution in [3.05, 3.63) is 30.1 Å². The monoisotopic (exact) mass is 261 g/mol. The molecule has 1 aromatic heterocycles. The van der Waals surface area contributed by atoms with Gasteiger partial charge in [-0.1, -0.05) is 18.6 Å². The molecule has 0 saturated carbocycles. The molecule has 1 aliphatic rings. The maximum Gasteiger partial charge on any atom is 0.244 e. The quantitative estimate of drug-likeness (QED) is 0.800. The minimum Gasteiger partial charge on any atom is -0.354 e. The fraction of sp³-hybridized carbons (Fsp3) is 0.600. The Bertz CT molecular complexity index is 423. The van der Waals surface area contributed by atoms with Crippen LogP contribution in [0.5, 0.6) is 0 Å². The lowest BCUT2D eigenvalue weighted by Gasteiger charge is -2.17. The minimum absolute atomic E-state index is 0.0719. The topological polar surface area (TPSA) is 46.9 Å². The van der Waals surface area contributed by atoms with Crippen molar-refractivity contribution in [2.45, 2.75) is 51.5 Å². The first-order valence-corrected chi connectivity index (χ1v) is 7.26. The van der Waals surface area contributed by atoms with Gasteiger partial charge in [-0.2, -0.15) is 5.10 Å². The molecule has 1 heterocycles. The molecular weight excluding hydrogens is 238 g/mol. The first-order chi connectivity index (χ1) is 9.31. The summed E-state index contributed by atoms with van der Waals surface area (Å²) in [6.07, 6.45) is 12.6. The van der Waals surface area contributed by atoms with Gasteiger partial charge >= 0.3 is 0 Å². The van der Waals surface area contributed by atoms with Crippen LogP contribution in [-0.2, 0) is 4.79 Å². The zero-order valence-electron chi connectivity index (χ0n) is 11.6. The average Bonchev–Trinajstić information content (AvgIpc) is 2.95. The number of hydrogen-bond donors (Lipinski definition) is 1. The Labute approximate surface area is 114 Å². The fourth-order valence-corrected chi connectivity index (χ4v) is 2.55. The average molecular weight is 261 g/mol. The van der Waals surface area contributed by atoms with Crippen LogP contribution in [0, 0.1) is 0 Å². The van der Waals surface area contributed by atoms with Gasteiger partial charge in [0.2, 0.25) is 5.91 Å². The number of nitrogens with one attached hydrogen (secondary N) is 1. The first kappa shape index (κ1) is 13.8. The Morgan fingerprint density at radius 1 is 1.53 bits per heavy atom. The summed E-state index contributed by atoms with van der Waals surface area (Å²) in [5.41, 5.74) is 1.50. The van der Waals surface area contributed by atoms with Gasteiger partial charge in [0.25, 0.3) is 0 Å². The molecule has 0 radical (unpaired) electrons. The Morgan fingerprint density at radius 3 is 3.05 bits per heavy atom. The van der Waals surface area contributed by atoms with Crippen LogP contribution in [0.25, 0.3) is 0 Å². The van der Waals surface area contributed by atoms with E-state index in [1.165, 1.54) is 31.3 Å². The highest BCUT2D eigenvalue weighted by Gasteiger charge is 2.17. The van der Waals surface area contributed by atoms with E-state index in [4.69, 9.17) is 0 Å². The van der Waals surface area contributed by atoms with Crippen molar-refractivity contribution in [2.75, 3.05) is 6.54 Å². The molecule has 0 saturated heterocycles. The van der Waals surface area contributed by atoms with Gasteiger partial charge in [-0.05, 0) is 44.6 Å². The molecule has 1 atom stereocenters. The predicted molar refractivity (Wildman–Crippen MR) is 75.7 cm³/mol. The van der Waals surface area contributed by atoms with E-state index in [0.717, 1.165) is 19.4 Å². The second kappa shape index (κ2) is 7.12. The van der Waals surface area contributed by atoms with Crippen molar-refractivity contribution in [3.63, 3.8) is 0 Å². The van der Waals surface area contributed by atoms with Crippen LogP contribution in [0.3, 0.4) is 0 Å². The molecule has 1 amide bonds. The normalized spacial score (nSPS) is 16.8. The lowest BCUT2D eigenvalue weighted by atomic mass is 9.97. The van der Waals surface area contributed by atoms with Crippen molar-refractivity contribution < 1.29 is 4.79 Å². The van der Waals surface area contributed by atoms with Gasteiger partial charge in [0.15, 0.2) is 0 Å². The Balaban J connectivity index is 1.78. The van der Waals surface area contributed by atoms with Crippen LogP contribution in [0.1, 0.15) is 51.5 Å². The second-order valence-electron chi connectivity index (χ2n) is 5.06. The molecule has 0 aliphatic heterocycles. The molecular formula is C15H23N3O. The predicted octanol–water partition coefficient (Wildman–Crippen LogP) is 2.84. The number of amides is 1. The molecule has 0 fully saturated rings. The molecule has 0 spiro atoms. The van der Waals surface area contributed by atoms with Crippen LogP contribution in [0.15, 0.2) is 30.1 Å². The SMILES string of the molecule is CC[C@@H](C(=O)NCCC1=CCCCC1)n1cccn1. The van der Waals surface area contributed by atoms with E-state index >= 15 is 0 Å². The molecule has 0 bridgehead atoms. The molecule has 0 aromatic carbocycles. The van der Waals surface area contributed by atoms with Gasteiger partial charge < -0.3 is 5.32 Å². The van der Waals surface area contributed by atoms with E-state index in [1.807, 2.05) is 19.2 Å². The number of nitrogens with zero attached hydrogens (tertiary/aromatic N) is 2. The number of allylic oxidation sites excluding steroid dienone is 1. The summed E-state index contributed by atoms with van der Waals surface area (Å²) in [4.78, 5) is 12.1. The van der Waals surface area contributed by atoms with Crippen molar-refractivity contribution in [2.24, 2.45) is 0 Å². The van der Waals surface area contributed by atoms with Gasteiger partial charge in [-0.15, -0.1) is 0 Å². The van der Waals surface area contributed by atoms with Gasteiger partial charge in [-0.3, -0.25) is 9.48 Å². The second-order valence-corrected chi connectivity index (χ2v) is 5.06. The minimum atomic E-state index is -0.185.